The molecule has 14 heavy (non-hydrogen) atoms. The highest BCUT2D eigenvalue weighted by molar-refractivity contribution is 4.81. The second kappa shape index (κ2) is 5.10. The number of hydrogen-bond acceptors (Lipinski definition) is 3. The summed E-state index contributed by atoms with van der Waals surface area (Å²) in [6, 6.07) is 0. The second-order valence-corrected chi connectivity index (χ2v) is 4.93. The number of likely N-dealkylation sites (tertiary alicyclic amines) is 1. The number of aliphatic hydroxyl groups excluding tert-OH is 1. The van der Waals surface area contributed by atoms with Gasteiger partial charge in [0.1, 0.15) is 0 Å². The topological polar surface area (TPSA) is 49.5 Å². The molecular weight excluding hydrogens is 176 g/mol. The molecule has 1 aliphatic heterocycles. The van der Waals surface area contributed by atoms with Crippen LogP contribution in [0.5, 0.6) is 0 Å². The Morgan fingerprint density at radius 1 is 1.57 bits per heavy atom. The van der Waals surface area contributed by atoms with Crippen LogP contribution in [0.3, 0.4) is 0 Å². The highest BCUT2D eigenvalue weighted by atomic mass is 16.3. The summed E-state index contributed by atoms with van der Waals surface area (Å²) in [5.74, 6) is 0.883. The predicted octanol–water partition coefficient (Wildman–Crippen LogP) is 0.818. The quantitative estimate of drug-likeness (QED) is 0.691. The summed E-state index contributed by atoms with van der Waals surface area (Å²) in [4.78, 5) is 2.47. The smallest absolute Gasteiger partial charge is 0.0608 e. The average molecular weight is 200 g/mol. The van der Waals surface area contributed by atoms with Crippen molar-refractivity contribution >= 4 is 0 Å². The van der Waals surface area contributed by atoms with Crippen LogP contribution >= 0.6 is 0 Å². The molecule has 0 saturated carbocycles. The van der Waals surface area contributed by atoms with E-state index in [-0.39, 0.29) is 6.61 Å². The molecule has 0 bridgehead atoms. The van der Waals surface area contributed by atoms with E-state index in [2.05, 4.69) is 11.8 Å². The Morgan fingerprint density at radius 3 is 2.79 bits per heavy atom. The Labute approximate surface area is 87.3 Å². The fourth-order valence-corrected chi connectivity index (χ4v) is 1.94. The van der Waals surface area contributed by atoms with E-state index in [1.54, 1.807) is 0 Å². The van der Waals surface area contributed by atoms with Crippen LogP contribution in [0.2, 0.25) is 0 Å². The van der Waals surface area contributed by atoms with Gasteiger partial charge in [0.25, 0.3) is 0 Å². The minimum absolute atomic E-state index is 0.0814. The van der Waals surface area contributed by atoms with E-state index in [0.717, 1.165) is 18.9 Å². The van der Waals surface area contributed by atoms with Gasteiger partial charge in [-0.05, 0) is 38.8 Å². The van der Waals surface area contributed by atoms with Gasteiger partial charge in [0.05, 0.1) is 6.61 Å². The van der Waals surface area contributed by atoms with Crippen LogP contribution in [0.15, 0.2) is 0 Å². The summed E-state index contributed by atoms with van der Waals surface area (Å²) in [5, 5.41) is 9.02. The van der Waals surface area contributed by atoms with E-state index in [1.807, 2.05) is 6.92 Å². The molecule has 1 fully saturated rings. The number of hydrogen-bond donors (Lipinski definition) is 2. The van der Waals surface area contributed by atoms with E-state index in [0.29, 0.717) is 0 Å². The van der Waals surface area contributed by atoms with Crippen molar-refractivity contribution in [3.8, 4) is 0 Å². The first-order valence-corrected chi connectivity index (χ1v) is 5.69. The Kier molecular flexibility index (Phi) is 4.35. The summed E-state index contributed by atoms with van der Waals surface area (Å²) in [6.45, 7) is 7.72. The SMILES string of the molecule is CCC1CCN(CCC(C)(N)CO)C1. The molecule has 1 saturated heterocycles. The molecule has 1 rings (SSSR count). The third-order valence-electron chi connectivity index (χ3n) is 3.31. The van der Waals surface area contributed by atoms with E-state index >= 15 is 0 Å². The molecule has 3 nitrogen and oxygen atoms in total. The lowest BCUT2D eigenvalue weighted by atomic mass is 10.0. The molecule has 0 amide bonds. The van der Waals surface area contributed by atoms with Crippen LogP contribution in [0, 0.1) is 5.92 Å². The van der Waals surface area contributed by atoms with Crippen LogP contribution in [-0.4, -0.2) is 41.8 Å². The van der Waals surface area contributed by atoms with Crippen molar-refractivity contribution in [1.82, 2.24) is 4.90 Å². The fraction of sp³-hybridized carbons (Fsp3) is 1.00. The van der Waals surface area contributed by atoms with Gasteiger partial charge in [-0.25, -0.2) is 0 Å². The van der Waals surface area contributed by atoms with E-state index in [9.17, 15) is 0 Å². The summed E-state index contributed by atoms with van der Waals surface area (Å²) < 4.78 is 0. The van der Waals surface area contributed by atoms with E-state index in [4.69, 9.17) is 10.8 Å². The van der Waals surface area contributed by atoms with E-state index < -0.39 is 5.54 Å². The molecule has 0 radical (unpaired) electrons. The van der Waals surface area contributed by atoms with Gasteiger partial charge in [0, 0.05) is 12.1 Å². The summed E-state index contributed by atoms with van der Waals surface area (Å²) in [5.41, 5.74) is 5.49. The van der Waals surface area contributed by atoms with Gasteiger partial charge in [0.15, 0.2) is 0 Å². The minimum Gasteiger partial charge on any atom is -0.394 e. The summed E-state index contributed by atoms with van der Waals surface area (Å²) >= 11 is 0. The standard InChI is InChI=1S/C11H24N2O/c1-3-10-4-6-13(8-10)7-5-11(2,12)9-14/h10,14H,3-9,12H2,1-2H3. The first-order valence-electron chi connectivity index (χ1n) is 5.69. The Morgan fingerprint density at radius 2 is 2.29 bits per heavy atom. The molecule has 1 aliphatic rings. The number of nitrogens with two attached hydrogens (primary N) is 1. The second-order valence-electron chi connectivity index (χ2n) is 4.93. The maximum absolute atomic E-state index is 9.02. The Hall–Kier alpha value is -0.120. The van der Waals surface area contributed by atoms with Gasteiger partial charge in [-0.3, -0.25) is 0 Å². The normalized spacial score (nSPS) is 27.9. The average Bonchev–Trinajstić information content (AvgIpc) is 2.63. The van der Waals surface area contributed by atoms with Gasteiger partial charge in [-0.2, -0.15) is 0 Å². The molecule has 3 N–H and O–H groups in total. The molecular formula is C11H24N2O. The molecule has 2 atom stereocenters. The zero-order valence-electron chi connectivity index (χ0n) is 9.50. The van der Waals surface area contributed by atoms with Crippen molar-refractivity contribution in [3.05, 3.63) is 0 Å². The molecule has 1 heterocycles. The summed E-state index contributed by atoms with van der Waals surface area (Å²) in [6.07, 6.45) is 3.51. The maximum atomic E-state index is 9.02. The van der Waals surface area contributed by atoms with Gasteiger partial charge in [-0.15, -0.1) is 0 Å². The van der Waals surface area contributed by atoms with Crippen LogP contribution in [0.1, 0.15) is 33.1 Å². The predicted molar refractivity (Wildman–Crippen MR) is 59.1 cm³/mol. The highest BCUT2D eigenvalue weighted by Gasteiger charge is 2.23. The lowest BCUT2D eigenvalue weighted by Gasteiger charge is -2.25. The highest BCUT2D eigenvalue weighted by Crippen LogP contribution is 2.19. The van der Waals surface area contributed by atoms with Crippen molar-refractivity contribution in [2.75, 3.05) is 26.2 Å². The molecule has 0 spiro atoms. The van der Waals surface area contributed by atoms with Crippen LogP contribution in [0.25, 0.3) is 0 Å². The van der Waals surface area contributed by atoms with Crippen LogP contribution < -0.4 is 5.73 Å². The fourth-order valence-electron chi connectivity index (χ4n) is 1.94. The van der Waals surface area contributed by atoms with Gasteiger partial charge >= 0.3 is 0 Å². The first kappa shape index (κ1) is 12.0. The number of aliphatic hydroxyl groups is 1. The number of nitrogens with zero attached hydrogens (tertiary/aromatic N) is 1. The Balaban J connectivity index is 2.20. The van der Waals surface area contributed by atoms with Crippen LogP contribution in [-0.2, 0) is 0 Å². The first-order chi connectivity index (χ1) is 6.57. The molecule has 0 aliphatic carbocycles. The monoisotopic (exact) mass is 200 g/mol. The zero-order valence-corrected chi connectivity index (χ0v) is 9.50. The van der Waals surface area contributed by atoms with Crippen molar-refractivity contribution in [2.24, 2.45) is 11.7 Å². The molecule has 0 aromatic rings. The van der Waals surface area contributed by atoms with Crippen molar-refractivity contribution in [3.63, 3.8) is 0 Å². The largest absolute Gasteiger partial charge is 0.394 e. The van der Waals surface area contributed by atoms with Crippen LogP contribution in [0.4, 0.5) is 0 Å². The molecule has 84 valence electrons. The lowest BCUT2D eigenvalue weighted by molar-refractivity contribution is 0.182. The van der Waals surface area contributed by atoms with Gasteiger partial charge in [-0.1, -0.05) is 13.3 Å². The molecule has 2 unspecified atom stereocenters. The number of rotatable bonds is 5. The maximum Gasteiger partial charge on any atom is 0.0608 e. The Bertz CT molecular complexity index is 171. The van der Waals surface area contributed by atoms with Crippen molar-refractivity contribution in [1.29, 1.82) is 0 Å². The third kappa shape index (κ3) is 3.56. The van der Waals surface area contributed by atoms with Gasteiger partial charge < -0.3 is 15.7 Å². The molecule has 0 aromatic heterocycles. The van der Waals surface area contributed by atoms with Crippen molar-refractivity contribution < 1.29 is 5.11 Å². The van der Waals surface area contributed by atoms with Gasteiger partial charge in [0.2, 0.25) is 0 Å². The molecule has 3 heteroatoms. The summed E-state index contributed by atoms with van der Waals surface area (Å²) in [7, 11) is 0. The molecule has 0 aromatic carbocycles. The lowest BCUT2D eigenvalue weighted by Crippen LogP contribution is -2.43. The van der Waals surface area contributed by atoms with E-state index in [1.165, 1.54) is 25.9 Å². The minimum atomic E-state index is -0.399. The zero-order chi connectivity index (χ0) is 10.6. The third-order valence-corrected chi connectivity index (χ3v) is 3.31. The van der Waals surface area contributed by atoms with Crippen molar-refractivity contribution in [2.45, 2.75) is 38.6 Å².